The number of aliphatic carboxylic acids is 1. The number of nitrogens with one attached hydrogen (secondary N) is 1. The number of fused-ring (bicyclic) bond motifs is 3. The summed E-state index contributed by atoms with van der Waals surface area (Å²) in [6, 6.07) is 5.66. The number of halogens is 1. The summed E-state index contributed by atoms with van der Waals surface area (Å²) in [5.74, 6) is -0.353. The zero-order chi connectivity index (χ0) is 12.0. The van der Waals surface area contributed by atoms with Crippen molar-refractivity contribution in [3.05, 3.63) is 39.5 Å². The summed E-state index contributed by atoms with van der Waals surface area (Å²) in [5, 5.41) is 12.5. The maximum absolute atomic E-state index is 11.3. The molecular weight excluding hydrogens is 329 g/mol. The molecule has 1 aliphatic heterocycles. The van der Waals surface area contributed by atoms with Gasteiger partial charge in [-0.05, 0) is 40.6 Å². The first-order valence-electron chi connectivity index (χ1n) is 5.63. The highest BCUT2D eigenvalue weighted by Gasteiger charge is 2.41. The van der Waals surface area contributed by atoms with Crippen LogP contribution in [0.4, 0.5) is 5.69 Å². The minimum absolute atomic E-state index is 0.151. The fourth-order valence-electron chi connectivity index (χ4n) is 2.83. The van der Waals surface area contributed by atoms with Crippen LogP contribution in [0.2, 0.25) is 0 Å². The Bertz CT molecular complexity index is 512. The molecule has 17 heavy (non-hydrogen) atoms. The number of hydrogen-bond donors (Lipinski definition) is 2. The fraction of sp³-hybridized carbons (Fsp3) is 0.308. The molecule has 3 unspecified atom stereocenters. The molecule has 3 nitrogen and oxygen atoms in total. The number of para-hydroxylation sites is 1. The number of rotatable bonds is 1. The van der Waals surface area contributed by atoms with Gasteiger partial charge in [0.2, 0.25) is 0 Å². The number of allylic oxidation sites excluding steroid dienone is 2. The lowest BCUT2D eigenvalue weighted by Gasteiger charge is -2.35. The molecule has 0 radical (unpaired) electrons. The molecule has 0 bridgehead atoms. The highest BCUT2D eigenvalue weighted by molar-refractivity contribution is 14.1. The van der Waals surface area contributed by atoms with E-state index in [9.17, 15) is 9.90 Å². The summed E-state index contributed by atoms with van der Waals surface area (Å²) >= 11 is 2.25. The lowest BCUT2D eigenvalue weighted by Crippen LogP contribution is -2.42. The van der Waals surface area contributed by atoms with Gasteiger partial charge >= 0.3 is 5.97 Å². The molecule has 0 saturated carbocycles. The van der Waals surface area contributed by atoms with Crippen LogP contribution in [-0.2, 0) is 4.79 Å². The molecular formula is C13H12INO2. The van der Waals surface area contributed by atoms with Gasteiger partial charge in [0.15, 0.2) is 0 Å². The molecule has 0 spiro atoms. The first-order valence-corrected chi connectivity index (χ1v) is 6.71. The van der Waals surface area contributed by atoms with Crippen molar-refractivity contribution in [2.75, 3.05) is 5.32 Å². The minimum Gasteiger partial charge on any atom is -0.480 e. The molecule has 2 N–H and O–H groups in total. The van der Waals surface area contributed by atoms with Crippen molar-refractivity contribution in [2.45, 2.75) is 18.4 Å². The van der Waals surface area contributed by atoms with E-state index in [-0.39, 0.29) is 11.8 Å². The van der Waals surface area contributed by atoms with Crippen LogP contribution >= 0.6 is 22.6 Å². The molecule has 0 saturated heterocycles. The average molecular weight is 341 g/mol. The predicted octanol–water partition coefficient (Wildman–Crippen LogP) is 2.83. The summed E-state index contributed by atoms with van der Waals surface area (Å²) in [7, 11) is 0. The third-order valence-electron chi connectivity index (χ3n) is 3.61. The number of benzene rings is 1. The average Bonchev–Trinajstić information content (AvgIpc) is 2.77. The Morgan fingerprint density at radius 3 is 3.06 bits per heavy atom. The van der Waals surface area contributed by atoms with E-state index in [0.29, 0.717) is 0 Å². The van der Waals surface area contributed by atoms with Gasteiger partial charge in [0.05, 0.1) is 5.69 Å². The Labute approximate surface area is 113 Å². The first-order chi connectivity index (χ1) is 8.18. The van der Waals surface area contributed by atoms with Crippen LogP contribution in [0.25, 0.3) is 0 Å². The summed E-state index contributed by atoms with van der Waals surface area (Å²) in [6.45, 7) is 0. The van der Waals surface area contributed by atoms with Crippen molar-refractivity contribution < 1.29 is 9.90 Å². The molecule has 3 atom stereocenters. The van der Waals surface area contributed by atoms with Gasteiger partial charge in [-0.15, -0.1) is 0 Å². The molecule has 0 amide bonds. The second kappa shape index (κ2) is 4.01. The van der Waals surface area contributed by atoms with Crippen LogP contribution in [0.3, 0.4) is 0 Å². The van der Waals surface area contributed by atoms with Gasteiger partial charge in [0.25, 0.3) is 0 Å². The normalized spacial score (nSPS) is 29.4. The van der Waals surface area contributed by atoms with Crippen LogP contribution in [0.5, 0.6) is 0 Å². The molecule has 1 aromatic rings. The second-order valence-corrected chi connectivity index (χ2v) is 5.68. The Kier molecular flexibility index (Phi) is 2.61. The second-order valence-electron chi connectivity index (χ2n) is 4.52. The number of hydrogen-bond acceptors (Lipinski definition) is 2. The molecule has 3 rings (SSSR count). The largest absolute Gasteiger partial charge is 0.480 e. The smallest absolute Gasteiger partial charge is 0.326 e. The van der Waals surface area contributed by atoms with Crippen molar-refractivity contribution in [1.82, 2.24) is 0 Å². The Hall–Kier alpha value is -1.04. The summed E-state index contributed by atoms with van der Waals surface area (Å²) in [6.07, 6.45) is 5.10. The van der Waals surface area contributed by atoms with E-state index in [1.807, 2.05) is 12.1 Å². The van der Waals surface area contributed by atoms with Gasteiger partial charge in [0.1, 0.15) is 6.04 Å². The van der Waals surface area contributed by atoms with E-state index >= 15 is 0 Å². The number of carbonyl (C=O) groups is 1. The highest BCUT2D eigenvalue weighted by atomic mass is 127. The van der Waals surface area contributed by atoms with Crippen molar-refractivity contribution in [3.8, 4) is 0 Å². The van der Waals surface area contributed by atoms with E-state index < -0.39 is 12.0 Å². The van der Waals surface area contributed by atoms with Crippen LogP contribution in [0.15, 0.2) is 30.4 Å². The monoisotopic (exact) mass is 341 g/mol. The lowest BCUT2D eigenvalue weighted by atomic mass is 9.79. The van der Waals surface area contributed by atoms with Gasteiger partial charge in [-0.1, -0.05) is 24.3 Å². The SMILES string of the molecule is O=C(O)C1Nc2c(I)cccc2C2C=CCC12. The topological polar surface area (TPSA) is 49.3 Å². The predicted molar refractivity (Wildman–Crippen MR) is 74.2 cm³/mol. The van der Waals surface area contributed by atoms with Gasteiger partial charge < -0.3 is 10.4 Å². The summed E-state index contributed by atoms with van der Waals surface area (Å²) in [4.78, 5) is 11.3. The third-order valence-corrected chi connectivity index (χ3v) is 4.51. The standard InChI is InChI=1S/C13H12INO2/c14-10-6-2-5-8-7-3-1-4-9(7)12(13(16)17)15-11(8)10/h1-3,5-7,9,12,15H,4H2,(H,16,17). The Morgan fingerprint density at radius 1 is 1.47 bits per heavy atom. The number of carboxylic acids is 1. The van der Waals surface area contributed by atoms with Gasteiger partial charge in [-0.3, -0.25) is 0 Å². The van der Waals surface area contributed by atoms with Crippen LogP contribution in [0.1, 0.15) is 17.9 Å². The zero-order valence-corrected chi connectivity index (χ0v) is 11.2. The van der Waals surface area contributed by atoms with Crippen molar-refractivity contribution in [2.24, 2.45) is 5.92 Å². The first kappa shape index (κ1) is 11.1. The van der Waals surface area contributed by atoms with E-state index in [1.54, 1.807) is 0 Å². The van der Waals surface area contributed by atoms with Crippen molar-refractivity contribution in [3.63, 3.8) is 0 Å². The van der Waals surface area contributed by atoms with Crippen LogP contribution in [0, 0.1) is 9.49 Å². The molecule has 1 aromatic carbocycles. The van der Waals surface area contributed by atoms with Gasteiger partial charge in [-0.2, -0.15) is 0 Å². The maximum atomic E-state index is 11.3. The molecule has 0 fully saturated rings. The van der Waals surface area contributed by atoms with E-state index in [1.165, 1.54) is 5.56 Å². The minimum atomic E-state index is -0.756. The summed E-state index contributed by atoms with van der Waals surface area (Å²) in [5.41, 5.74) is 2.22. The van der Waals surface area contributed by atoms with Gasteiger partial charge in [0, 0.05) is 15.4 Å². The molecule has 88 valence electrons. The zero-order valence-electron chi connectivity index (χ0n) is 9.06. The molecule has 1 aliphatic carbocycles. The van der Waals surface area contributed by atoms with E-state index in [0.717, 1.165) is 15.7 Å². The maximum Gasteiger partial charge on any atom is 0.326 e. The van der Waals surface area contributed by atoms with Crippen molar-refractivity contribution >= 4 is 34.2 Å². The lowest BCUT2D eigenvalue weighted by molar-refractivity contribution is -0.139. The third kappa shape index (κ3) is 1.66. The number of carboxylic acid groups (broad SMARTS) is 1. The Morgan fingerprint density at radius 2 is 2.29 bits per heavy atom. The molecule has 0 aromatic heterocycles. The quantitative estimate of drug-likeness (QED) is 0.610. The Balaban J connectivity index is 2.12. The van der Waals surface area contributed by atoms with Crippen LogP contribution in [-0.4, -0.2) is 17.1 Å². The highest BCUT2D eigenvalue weighted by Crippen LogP contribution is 2.45. The summed E-state index contributed by atoms with van der Waals surface area (Å²) < 4.78 is 1.09. The molecule has 1 heterocycles. The van der Waals surface area contributed by atoms with Crippen LogP contribution < -0.4 is 5.32 Å². The van der Waals surface area contributed by atoms with E-state index in [4.69, 9.17) is 0 Å². The van der Waals surface area contributed by atoms with Crippen molar-refractivity contribution in [1.29, 1.82) is 0 Å². The molecule has 2 aliphatic rings. The number of anilines is 1. The molecule has 4 heteroatoms. The fourth-order valence-corrected chi connectivity index (χ4v) is 3.50. The van der Waals surface area contributed by atoms with E-state index in [2.05, 4.69) is 46.1 Å². The van der Waals surface area contributed by atoms with Gasteiger partial charge in [-0.25, -0.2) is 4.79 Å².